The highest BCUT2D eigenvalue weighted by molar-refractivity contribution is 6.35. The third kappa shape index (κ3) is 2.68. The zero-order chi connectivity index (χ0) is 18.5. The summed E-state index contributed by atoms with van der Waals surface area (Å²) >= 11 is 6.33. The standard InChI is InChI=1S/C20H18ClN5O/c1-12(24-18-7-9-22-17-8-10-23-26(17)18)16-11-13-3-2-4-15(21)19(13)20(27)25(16)14-5-6-14/h2-4,7-12,14,24H,5-6H2,1H3/t12-/m0/s1. The van der Waals surface area contributed by atoms with Crippen molar-refractivity contribution in [1.29, 1.82) is 0 Å². The van der Waals surface area contributed by atoms with Gasteiger partial charge in [-0.3, -0.25) is 4.79 Å². The molecule has 0 bridgehead atoms. The minimum absolute atomic E-state index is 0.0109. The van der Waals surface area contributed by atoms with Crippen LogP contribution < -0.4 is 10.9 Å². The molecule has 5 rings (SSSR count). The predicted molar refractivity (Wildman–Crippen MR) is 107 cm³/mol. The van der Waals surface area contributed by atoms with Crippen molar-refractivity contribution in [3.8, 4) is 0 Å². The van der Waals surface area contributed by atoms with E-state index in [1.807, 2.05) is 28.8 Å². The van der Waals surface area contributed by atoms with E-state index in [1.165, 1.54) is 0 Å². The van der Waals surface area contributed by atoms with Crippen LogP contribution in [-0.2, 0) is 0 Å². The second-order valence-electron chi connectivity index (χ2n) is 6.98. The summed E-state index contributed by atoms with van der Waals surface area (Å²) in [5.41, 5.74) is 1.72. The molecule has 0 spiro atoms. The highest BCUT2D eigenvalue weighted by atomic mass is 35.5. The van der Waals surface area contributed by atoms with Crippen molar-refractivity contribution in [3.05, 3.63) is 69.9 Å². The molecule has 3 heterocycles. The molecule has 4 aromatic rings. The van der Waals surface area contributed by atoms with E-state index in [-0.39, 0.29) is 17.6 Å². The van der Waals surface area contributed by atoms with Gasteiger partial charge in [-0.05, 0) is 43.4 Å². The van der Waals surface area contributed by atoms with Gasteiger partial charge in [0.05, 0.1) is 22.6 Å². The van der Waals surface area contributed by atoms with Gasteiger partial charge in [0, 0.05) is 24.0 Å². The Labute approximate surface area is 160 Å². The van der Waals surface area contributed by atoms with Gasteiger partial charge in [0.15, 0.2) is 5.65 Å². The minimum atomic E-state index is -0.0866. The first kappa shape index (κ1) is 16.3. The Hall–Kier alpha value is -2.86. The van der Waals surface area contributed by atoms with Crippen molar-refractivity contribution in [2.24, 2.45) is 0 Å². The van der Waals surface area contributed by atoms with Crippen molar-refractivity contribution in [1.82, 2.24) is 19.2 Å². The topological polar surface area (TPSA) is 64.2 Å². The molecule has 0 saturated heterocycles. The van der Waals surface area contributed by atoms with Gasteiger partial charge in [-0.2, -0.15) is 9.61 Å². The molecule has 1 aromatic carbocycles. The van der Waals surface area contributed by atoms with Crippen molar-refractivity contribution >= 4 is 33.8 Å². The molecular weight excluding hydrogens is 362 g/mol. The molecule has 6 nitrogen and oxygen atoms in total. The lowest BCUT2D eigenvalue weighted by Gasteiger charge is -2.22. The number of anilines is 1. The largest absolute Gasteiger partial charge is 0.362 e. The van der Waals surface area contributed by atoms with E-state index >= 15 is 0 Å². The average molecular weight is 380 g/mol. The van der Waals surface area contributed by atoms with E-state index in [1.54, 1.807) is 23.0 Å². The zero-order valence-electron chi connectivity index (χ0n) is 14.8. The first-order valence-electron chi connectivity index (χ1n) is 9.02. The van der Waals surface area contributed by atoms with Crippen molar-refractivity contribution in [2.45, 2.75) is 31.8 Å². The number of aromatic nitrogens is 4. The molecule has 136 valence electrons. The fraction of sp³-hybridized carbons (Fsp3) is 0.250. The van der Waals surface area contributed by atoms with Crippen molar-refractivity contribution < 1.29 is 0 Å². The van der Waals surface area contributed by atoms with Gasteiger partial charge < -0.3 is 9.88 Å². The smallest absolute Gasteiger partial charge is 0.260 e. The zero-order valence-corrected chi connectivity index (χ0v) is 15.5. The molecule has 7 heteroatoms. The quantitative estimate of drug-likeness (QED) is 0.577. The van der Waals surface area contributed by atoms with Crippen LogP contribution in [0.15, 0.2) is 53.6 Å². The van der Waals surface area contributed by atoms with Crippen LogP contribution in [0.2, 0.25) is 5.02 Å². The number of fused-ring (bicyclic) bond motifs is 2. The lowest BCUT2D eigenvalue weighted by Crippen LogP contribution is -2.26. The maximum absolute atomic E-state index is 13.2. The molecule has 0 aliphatic heterocycles. The van der Waals surface area contributed by atoms with Gasteiger partial charge >= 0.3 is 0 Å². The van der Waals surface area contributed by atoms with Crippen molar-refractivity contribution in [3.63, 3.8) is 0 Å². The van der Waals surface area contributed by atoms with Gasteiger partial charge in [-0.15, -0.1) is 0 Å². The number of pyridine rings is 1. The Morgan fingerprint density at radius 2 is 2.07 bits per heavy atom. The van der Waals surface area contributed by atoms with Crippen LogP contribution in [-0.4, -0.2) is 19.2 Å². The molecule has 1 N–H and O–H groups in total. The number of hydrogen-bond acceptors (Lipinski definition) is 4. The van der Waals surface area contributed by atoms with E-state index in [9.17, 15) is 4.79 Å². The predicted octanol–water partition coefficient (Wildman–Crippen LogP) is 4.21. The highest BCUT2D eigenvalue weighted by Crippen LogP contribution is 2.37. The monoisotopic (exact) mass is 379 g/mol. The Morgan fingerprint density at radius 1 is 1.22 bits per heavy atom. The minimum Gasteiger partial charge on any atom is -0.362 e. The Bertz CT molecular complexity index is 1220. The Balaban J connectivity index is 1.64. The number of nitrogens with zero attached hydrogens (tertiary/aromatic N) is 4. The van der Waals surface area contributed by atoms with E-state index < -0.39 is 0 Å². The van der Waals surface area contributed by atoms with Gasteiger partial charge in [-0.25, -0.2) is 4.98 Å². The summed E-state index contributed by atoms with van der Waals surface area (Å²) in [5.74, 6) is 0.832. The molecule has 0 unspecified atom stereocenters. The third-order valence-corrected chi connectivity index (χ3v) is 5.39. The molecule has 27 heavy (non-hydrogen) atoms. The summed E-state index contributed by atoms with van der Waals surface area (Å²) < 4.78 is 3.67. The molecule has 0 radical (unpaired) electrons. The van der Waals surface area contributed by atoms with E-state index in [2.05, 4.69) is 28.4 Å². The SMILES string of the molecule is C[C@H](Nc1ccnc2ccnn12)c1cc2cccc(Cl)c2c(=O)n1C1CC1. The fourth-order valence-electron chi connectivity index (χ4n) is 3.64. The summed E-state index contributed by atoms with van der Waals surface area (Å²) in [6.07, 6.45) is 5.51. The summed E-state index contributed by atoms with van der Waals surface area (Å²) in [4.78, 5) is 17.5. The molecule has 0 amide bonds. The molecule has 1 atom stereocenters. The summed E-state index contributed by atoms with van der Waals surface area (Å²) in [7, 11) is 0. The maximum atomic E-state index is 13.2. The Morgan fingerprint density at radius 3 is 2.89 bits per heavy atom. The van der Waals surface area contributed by atoms with Crippen LogP contribution in [0.3, 0.4) is 0 Å². The lowest BCUT2D eigenvalue weighted by molar-refractivity contribution is 0.634. The summed E-state index contributed by atoms with van der Waals surface area (Å²) in [6, 6.07) is 11.6. The number of nitrogens with one attached hydrogen (secondary N) is 1. The van der Waals surface area contributed by atoms with Gasteiger partial charge in [0.25, 0.3) is 5.56 Å². The lowest BCUT2D eigenvalue weighted by atomic mass is 10.1. The number of rotatable bonds is 4. The van der Waals surface area contributed by atoms with Crippen LogP contribution in [0.5, 0.6) is 0 Å². The van der Waals surface area contributed by atoms with Gasteiger partial charge in [0.1, 0.15) is 5.82 Å². The molecule has 1 fully saturated rings. The third-order valence-electron chi connectivity index (χ3n) is 5.07. The first-order chi connectivity index (χ1) is 13.1. The molecule has 1 saturated carbocycles. The van der Waals surface area contributed by atoms with Crippen LogP contribution in [0.4, 0.5) is 5.82 Å². The van der Waals surface area contributed by atoms with Crippen LogP contribution in [0.25, 0.3) is 16.4 Å². The Kier molecular flexibility index (Phi) is 3.68. The van der Waals surface area contributed by atoms with Crippen LogP contribution in [0.1, 0.15) is 37.5 Å². The van der Waals surface area contributed by atoms with Gasteiger partial charge in [-0.1, -0.05) is 23.7 Å². The van der Waals surface area contributed by atoms with Crippen LogP contribution in [0, 0.1) is 0 Å². The fourth-order valence-corrected chi connectivity index (χ4v) is 3.90. The van der Waals surface area contributed by atoms with Gasteiger partial charge in [0.2, 0.25) is 0 Å². The van der Waals surface area contributed by atoms with E-state index in [0.29, 0.717) is 10.4 Å². The maximum Gasteiger partial charge on any atom is 0.260 e. The number of hydrogen-bond donors (Lipinski definition) is 1. The molecular formula is C20H18ClN5O. The van der Waals surface area contributed by atoms with E-state index in [0.717, 1.165) is 35.4 Å². The van der Waals surface area contributed by atoms with Crippen LogP contribution >= 0.6 is 11.6 Å². The summed E-state index contributed by atoms with van der Waals surface area (Å²) in [5, 5.41) is 9.78. The second kappa shape index (κ2) is 6.09. The molecule has 1 aliphatic rings. The van der Waals surface area contributed by atoms with E-state index in [4.69, 9.17) is 11.6 Å². The molecule has 1 aliphatic carbocycles. The number of halogens is 1. The molecule has 3 aromatic heterocycles. The first-order valence-corrected chi connectivity index (χ1v) is 9.40. The number of benzene rings is 1. The van der Waals surface area contributed by atoms with Crippen molar-refractivity contribution in [2.75, 3.05) is 5.32 Å². The second-order valence-corrected chi connectivity index (χ2v) is 7.38. The highest BCUT2D eigenvalue weighted by Gasteiger charge is 2.29. The summed E-state index contributed by atoms with van der Waals surface area (Å²) in [6.45, 7) is 2.06. The normalized spacial score (nSPS) is 15.3. The average Bonchev–Trinajstić information content (AvgIpc) is 3.37.